The highest BCUT2D eigenvalue weighted by Gasteiger charge is 2.35. The second-order valence-electron chi connectivity index (χ2n) is 4.60. The molecule has 1 rings (SSSR count). The summed E-state index contributed by atoms with van der Waals surface area (Å²) in [7, 11) is 5.63. The van der Waals surface area contributed by atoms with Crippen LogP contribution >= 0.6 is 0 Å². The molecule has 1 N–H and O–H groups in total. The van der Waals surface area contributed by atoms with Crippen LogP contribution in [0.4, 0.5) is 0 Å². The van der Waals surface area contributed by atoms with E-state index < -0.39 is 0 Å². The van der Waals surface area contributed by atoms with Crippen molar-refractivity contribution in [2.24, 2.45) is 0 Å². The van der Waals surface area contributed by atoms with Gasteiger partial charge in [-0.15, -0.1) is 0 Å². The molecule has 0 aromatic carbocycles. The van der Waals surface area contributed by atoms with E-state index in [-0.39, 0.29) is 11.6 Å². The molecule has 1 heterocycles. The summed E-state index contributed by atoms with van der Waals surface area (Å²) in [6, 6.07) is 0.361. The second kappa shape index (κ2) is 3.39. The van der Waals surface area contributed by atoms with Gasteiger partial charge in [0.1, 0.15) is 0 Å². The molecule has 0 spiro atoms. The van der Waals surface area contributed by atoms with E-state index in [4.69, 9.17) is 7.85 Å². The van der Waals surface area contributed by atoms with Crippen molar-refractivity contribution in [2.45, 2.75) is 51.2 Å². The molecule has 2 unspecified atom stereocenters. The standard InChI is InChI=1S/C9H18BNO/c1-9(2,3)11-6-8(12)4-7(11)5-10/h7-8,12H,4-6H2,1-3H3. The number of aliphatic hydroxyl groups excluding tert-OH is 1. The van der Waals surface area contributed by atoms with Crippen molar-refractivity contribution in [1.82, 2.24) is 4.90 Å². The average Bonchev–Trinajstić information content (AvgIpc) is 2.29. The maximum atomic E-state index is 9.47. The zero-order valence-corrected chi connectivity index (χ0v) is 8.25. The molecular formula is C9H18BNO. The fraction of sp³-hybridized carbons (Fsp3) is 1.00. The summed E-state index contributed by atoms with van der Waals surface area (Å²) in [6.45, 7) is 7.25. The topological polar surface area (TPSA) is 23.5 Å². The zero-order valence-electron chi connectivity index (χ0n) is 8.25. The second-order valence-corrected chi connectivity index (χ2v) is 4.60. The SMILES string of the molecule is [B]CC1CC(O)CN1C(C)(C)C. The first-order valence-electron chi connectivity index (χ1n) is 4.60. The predicted octanol–water partition coefficient (Wildman–Crippen LogP) is 0.807. The van der Waals surface area contributed by atoms with E-state index in [1.807, 2.05) is 0 Å². The number of likely N-dealkylation sites (tertiary alicyclic amines) is 1. The highest BCUT2D eigenvalue weighted by molar-refractivity contribution is 6.08. The number of hydrogen-bond acceptors (Lipinski definition) is 2. The Morgan fingerprint density at radius 2 is 2.08 bits per heavy atom. The first kappa shape index (κ1) is 10.1. The Kier molecular flexibility index (Phi) is 2.84. The maximum absolute atomic E-state index is 9.47. The third kappa shape index (κ3) is 2.02. The summed E-state index contributed by atoms with van der Waals surface area (Å²) in [6.07, 6.45) is 1.29. The Balaban J connectivity index is 2.64. The summed E-state index contributed by atoms with van der Waals surface area (Å²) < 4.78 is 0. The maximum Gasteiger partial charge on any atom is 0.0682 e. The minimum atomic E-state index is -0.183. The van der Waals surface area contributed by atoms with Crippen LogP contribution in [0.15, 0.2) is 0 Å². The summed E-state index contributed by atoms with van der Waals surface area (Å²) >= 11 is 0. The number of rotatable bonds is 1. The van der Waals surface area contributed by atoms with Gasteiger partial charge in [-0.2, -0.15) is 0 Å². The molecule has 12 heavy (non-hydrogen) atoms. The third-order valence-corrected chi connectivity index (χ3v) is 2.53. The molecule has 1 aliphatic rings. The Hall–Kier alpha value is -0.0151. The van der Waals surface area contributed by atoms with Crippen molar-refractivity contribution >= 4 is 7.85 Å². The third-order valence-electron chi connectivity index (χ3n) is 2.53. The molecule has 0 saturated carbocycles. The van der Waals surface area contributed by atoms with E-state index in [1.54, 1.807) is 0 Å². The largest absolute Gasteiger partial charge is 0.392 e. The molecule has 2 atom stereocenters. The Morgan fingerprint density at radius 1 is 1.50 bits per heavy atom. The first-order valence-corrected chi connectivity index (χ1v) is 4.60. The molecule has 0 aromatic heterocycles. The van der Waals surface area contributed by atoms with Crippen LogP contribution in [0.3, 0.4) is 0 Å². The van der Waals surface area contributed by atoms with Crippen LogP contribution in [0.5, 0.6) is 0 Å². The van der Waals surface area contributed by atoms with Gasteiger partial charge in [0.05, 0.1) is 14.0 Å². The predicted molar refractivity (Wildman–Crippen MR) is 51.4 cm³/mol. The van der Waals surface area contributed by atoms with E-state index >= 15 is 0 Å². The number of hydrogen-bond donors (Lipinski definition) is 1. The minimum absolute atomic E-state index is 0.127. The Morgan fingerprint density at radius 3 is 2.42 bits per heavy atom. The molecule has 1 saturated heterocycles. The average molecular weight is 167 g/mol. The van der Waals surface area contributed by atoms with Crippen molar-refractivity contribution in [1.29, 1.82) is 0 Å². The Bertz CT molecular complexity index is 155. The van der Waals surface area contributed by atoms with Crippen molar-refractivity contribution in [3.63, 3.8) is 0 Å². The summed E-state index contributed by atoms with van der Waals surface area (Å²) in [4.78, 5) is 2.29. The molecule has 1 aliphatic heterocycles. The highest BCUT2D eigenvalue weighted by atomic mass is 16.3. The number of β-amino-alcohol motifs (C(OH)–C–C–N with tert-alkyl or cyclic N) is 1. The lowest BCUT2D eigenvalue weighted by molar-refractivity contribution is 0.110. The van der Waals surface area contributed by atoms with Crippen LogP contribution in [-0.4, -0.2) is 42.1 Å². The van der Waals surface area contributed by atoms with E-state index in [9.17, 15) is 5.11 Å². The van der Waals surface area contributed by atoms with Crippen LogP contribution in [0.2, 0.25) is 6.32 Å². The lowest BCUT2D eigenvalue weighted by Gasteiger charge is -2.36. The van der Waals surface area contributed by atoms with Gasteiger partial charge in [-0.25, -0.2) is 0 Å². The quantitative estimate of drug-likeness (QED) is 0.584. The minimum Gasteiger partial charge on any atom is -0.392 e. The van der Waals surface area contributed by atoms with E-state index in [2.05, 4.69) is 25.7 Å². The first-order chi connectivity index (χ1) is 5.45. The molecule has 0 bridgehead atoms. The summed E-state index contributed by atoms with van der Waals surface area (Å²) in [5.74, 6) is 0. The summed E-state index contributed by atoms with van der Waals surface area (Å²) in [5, 5.41) is 9.47. The van der Waals surface area contributed by atoms with E-state index in [0.29, 0.717) is 12.4 Å². The normalized spacial score (nSPS) is 32.7. The van der Waals surface area contributed by atoms with Crippen LogP contribution in [0.25, 0.3) is 0 Å². The van der Waals surface area contributed by atoms with Crippen molar-refractivity contribution in [2.75, 3.05) is 6.54 Å². The van der Waals surface area contributed by atoms with E-state index in [0.717, 1.165) is 13.0 Å². The zero-order chi connectivity index (χ0) is 9.35. The smallest absolute Gasteiger partial charge is 0.0682 e. The van der Waals surface area contributed by atoms with Crippen LogP contribution in [0.1, 0.15) is 27.2 Å². The fourth-order valence-corrected chi connectivity index (χ4v) is 1.94. The van der Waals surface area contributed by atoms with Gasteiger partial charge < -0.3 is 5.11 Å². The van der Waals surface area contributed by atoms with Gasteiger partial charge in [0.2, 0.25) is 0 Å². The van der Waals surface area contributed by atoms with Gasteiger partial charge in [0, 0.05) is 18.1 Å². The van der Waals surface area contributed by atoms with E-state index in [1.165, 1.54) is 0 Å². The van der Waals surface area contributed by atoms with Gasteiger partial charge in [-0.3, -0.25) is 4.90 Å². The molecule has 0 aromatic rings. The molecule has 2 nitrogen and oxygen atoms in total. The number of aliphatic hydroxyl groups is 1. The van der Waals surface area contributed by atoms with Gasteiger partial charge in [-0.05, 0) is 27.2 Å². The fourth-order valence-electron chi connectivity index (χ4n) is 1.94. The monoisotopic (exact) mass is 167 g/mol. The van der Waals surface area contributed by atoms with Crippen molar-refractivity contribution in [3.8, 4) is 0 Å². The van der Waals surface area contributed by atoms with Gasteiger partial charge in [-0.1, -0.05) is 6.32 Å². The molecule has 2 radical (unpaired) electrons. The van der Waals surface area contributed by atoms with Gasteiger partial charge >= 0.3 is 0 Å². The highest BCUT2D eigenvalue weighted by Crippen LogP contribution is 2.27. The number of nitrogens with zero attached hydrogens (tertiary/aromatic N) is 1. The molecule has 3 heteroatoms. The van der Waals surface area contributed by atoms with Gasteiger partial charge in [0.25, 0.3) is 0 Å². The van der Waals surface area contributed by atoms with Crippen molar-refractivity contribution < 1.29 is 5.11 Å². The molecule has 0 aliphatic carbocycles. The molecular weight excluding hydrogens is 149 g/mol. The van der Waals surface area contributed by atoms with Crippen LogP contribution in [0, 0.1) is 0 Å². The molecule has 1 fully saturated rings. The Labute approximate surface area is 76.4 Å². The van der Waals surface area contributed by atoms with Gasteiger partial charge in [0.15, 0.2) is 0 Å². The lowest BCUT2D eigenvalue weighted by Crippen LogP contribution is -2.44. The molecule has 0 amide bonds. The van der Waals surface area contributed by atoms with Crippen LogP contribution < -0.4 is 0 Å². The molecule has 68 valence electrons. The van der Waals surface area contributed by atoms with Crippen molar-refractivity contribution in [3.05, 3.63) is 0 Å². The lowest BCUT2D eigenvalue weighted by atomic mass is 9.93. The van der Waals surface area contributed by atoms with Crippen LogP contribution in [-0.2, 0) is 0 Å². The summed E-state index contributed by atoms with van der Waals surface area (Å²) in [5.41, 5.74) is 0.127.